The number of carbonyl (C=O) groups excluding carboxylic acids is 2. The summed E-state index contributed by atoms with van der Waals surface area (Å²) in [5.41, 5.74) is 1.72. The van der Waals surface area contributed by atoms with Gasteiger partial charge in [0.1, 0.15) is 5.82 Å². The van der Waals surface area contributed by atoms with E-state index in [4.69, 9.17) is 0 Å². The predicted octanol–water partition coefficient (Wildman–Crippen LogP) is 3.04. The van der Waals surface area contributed by atoms with E-state index >= 15 is 0 Å². The highest BCUT2D eigenvalue weighted by molar-refractivity contribution is 5.92. The zero-order valence-electron chi connectivity index (χ0n) is 18.0. The average Bonchev–Trinajstić information content (AvgIpc) is 2.77. The summed E-state index contributed by atoms with van der Waals surface area (Å²) in [5.74, 6) is -0.421. The molecule has 6 nitrogen and oxygen atoms in total. The smallest absolute Gasteiger partial charge is 0.238 e. The molecule has 0 saturated carbocycles. The molecular formula is C24H31FN4O2. The molecule has 3 rings (SSSR count). The third-order valence-electron chi connectivity index (χ3n) is 5.44. The van der Waals surface area contributed by atoms with Gasteiger partial charge in [-0.2, -0.15) is 0 Å². The molecule has 0 bridgehead atoms. The minimum atomic E-state index is -0.331. The van der Waals surface area contributed by atoms with Crippen molar-refractivity contribution in [3.8, 4) is 0 Å². The van der Waals surface area contributed by atoms with Crippen LogP contribution in [0.3, 0.4) is 0 Å². The third kappa shape index (κ3) is 7.45. The number of rotatable bonds is 9. The maximum absolute atomic E-state index is 13.0. The van der Waals surface area contributed by atoms with Crippen LogP contribution in [0.2, 0.25) is 0 Å². The predicted molar refractivity (Wildman–Crippen MR) is 120 cm³/mol. The Hall–Kier alpha value is -2.77. The fourth-order valence-electron chi connectivity index (χ4n) is 3.78. The molecular weight excluding hydrogens is 395 g/mol. The van der Waals surface area contributed by atoms with Crippen molar-refractivity contribution in [1.29, 1.82) is 0 Å². The lowest BCUT2D eigenvalue weighted by Crippen LogP contribution is -2.51. The Balaban J connectivity index is 1.40. The molecule has 0 spiro atoms. The summed E-state index contributed by atoms with van der Waals surface area (Å²) >= 11 is 0. The fourth-order valence-corrected chi connectivity index (χ4v) is 3.78. The zero-order chi connectivity index (χ0) is 22.1. The molecule has 0 unspecified atom stereocenters. The lowest BCUT2D eigenvalue weighted by molar-refractivity contribution is -0.124. The summed E-state index contributed by atoms with van der Waals surface area (Å²) in [6, 6.07) is 15.8. The van der Waals surface area contributed by atoms with Gasteiger partial charge in [-0.25, -0.2) is 4.39 Å². The molecule has 2 amide bonds. The summed E-state index contributed by atoms with van der Waals surface area (Å²) in [4.78, 5) is 29.0. The van der Waals surface area contributed by atoms with Crippen LogP contribution in [0.15, 0.2) is 54.6 Å². The van der Waals surface area contributed by atoms with Gasteiger partial charge in [0, 0.05) is 31.9 Å². The van der Waals surface area contributed by atoms with Gasteiger partial charge >= 0.3 is 0 Å². The molecule has 2 N–H and O–H groups in total. The Kier molecular flexibility index (Phi) is 8.55. The van der Waals surface area contributed by atoms with Gasteiger partial charge in [0.15, 0.2) is 0 Å². The van der Waals surface area contributed by atoms with Crippen LogP contribution in [0, 0.1) is 5.82 Å². The number of carbonyl (C=O) groups is 2. The molecule has 1 fully saturated rings. The van der Waals surface area contributed by atoms with Crippen molar-refractivity contribution in [3.05, 3.63) is 66.0 Å². The number of nitrogens with zero attached hydrogens (tertiary/aromatic N) is 2. The highest BCUT2D eigenvalue weighted by Crippen LogP contribution is 2.18. The monoisotopic (exact) mass is 426 g/mol. The number of nitrogens with one attached hydrogen (secondary N) is 2. The number of anilines is 1. The summed E-state index contributed by atoms with van der Waals surface area (Å²) in [6.07, 6.45) is 1.91. The first-order valence-electron chi connectivity index (χ1n) is 10.9. The van der Waals surface area contributed by atoms with E-state index in [1.165, 1.54) is 12.1 Å². The summed E-state index contributed by atoms with van der Waals surface area (Å²) in [5, 5.41) is 5.96. The van der Waals surface area contributed by atoms with E-state index in [0.29, 0.717) is 12.2 Å². The summed E-state index contributed by atoms with van der Waals surface area (Å²) < 4.78 is 13.0. The second kappa shape index (κ2) is 11.6. The molecule has 1 atom stereocenters. The van der Waals surface area contributed by atoms with Gasteiger partial charge in [-0.1, -0.05) is 43.7 Å². The van der Waals surface area contributed by atoms with Gasteiger partial charge in [-0.3, -0.25) is 19.4 Å². The molecule has 0 radical (unpaired) electrons. The molecule has 0 aliphatic carbocycles. The molecule has 31 heavy (non-hydrogen) atoms. The maximum atomic E-state index is 13.0. The highest BCUT2D eigenvalue weighted by Gasteiger charge is 2.22. The average molecular weight is 427 g/mol. The van der Waals surface area contributed by atoms with Crippen molar-refractivity contribution in [2.75, 3.05) is 44.6 Å². The van der Waals surface area contributed by atoms with Gasteiger partial charge < -0.3 is 10.6 Å². The van der Waals surface area contributed by atoms with Gasteiger partial charge in [0.2, 0.25) is 11.8 Å². The van der Waals surface area contributed by atoms with Crippen LogP contribution in [0.5, 0.6) is 0 Å². The van der Waals surface area contributed by atoms with E-state index in [9.17, 15) is 14.0 Å². The molecule has 1 aliphatic rings. The van der Waals surface area contributed by atoms with Crippen LogP contribution >= 0.6 is 0 Å². The molecule has 1 aliphatic heterocycles. The lowest BCUT2D eigenvalue weighted by atomic mass is 10.0. The van der Waals surface area contributed by atoms with Gasteiger partial charge in [0.05, 0.1) is 19.1 Å². The highest BCUT2D eigenvalue weighted by atomic mass is 19.1. The molecule has 1 saturated heterocycles. The molecule has 1 heterocycles. The Morgan fingerprint density at radius 3 is 2.06 bits per heavy atom. The van der Waals surface area contributed by atoms with E-state index in [0.717, 1.165) is 44.6 Å². The van der Waals surface area contributed by atoms with E-state index in [1.807, 2.05) is 18.2 Å². The van der Waals surface area contributed by atoms with E-state index < -0.39 is 0 Å². The number of hydrogen-bond acceptors (Lipinski definition) is 4. The number of hydrogen-bond donors (Lipinski definition) is 2. The largest absolute Gasteiger partial charge is 0.348 e. The Labute approximate surface area is 183 Å². The van der Waals surface area contributed by atoms with Gasteiger partial charge in [-0.15, -0.1) is 0 Å². The second-order valence-corrected chi connectivity index (χ2v) is 7.93. The van der Waals surface area contributed by atoms with Crippen molar-refractivity contribution in [2.45, 2.75) is 25.8 Å². The second-order valence-electron chi connectivity index (χ2n) is 7.93. The molecule has 7 heteroatoms. The first-order chi connectivity index (χ1) is 15.0. The van der Waals surface area contributed by atoms with Gasteiger partial charge in [0.25, 0.3) is 0 Å². The topological polar surface area (TPSA) is 64.7 Å². The Bertz CT molecular complexity index is 836. The van der Waals surface area contributed by atoms with Crippen molar-refractivity contribution < 1.29 is 14.0 Å². The number of amides is 2. The van der Waals surface area contributed by atoms with Crippen molar-refractivity contribution >= 4 is 17.5 Å². The van der Waals surface area contributed by atoms with Crippen LogP contribution in [-0.2, 0) is 9.59 Å². The van der Waals surface area contributed by atoms with E-state index in [-0.39, 0.29) is 30.2 Å². The fraction of sp³-hybridized carbons (Fsp3) is 0.417. The van der Waals surface area contributed by atoms with E-state index in [2.05, 4.69) is 39.5 Å². The molecule has 2 aromatic rings. The summed E-state index contributed by atoms with van der Waals surface area (Å²) in [6.45, 7) is 5.69. The van der Waals surface area contributed by atoms with Crippen molar-refractivity contribution in [3.63, 3.8) is 0 Å². The maximum Gasteiger partial charge on any atom is 0.238 e. The van der Waals surface area contributed by atoms with E-state index in [1.54, 1.807) is 12.1 Å². The Morgan fingerprint density at radius 1 is 0.903 bits per heavy atom. The van der Waals surface area contributed by atoms with Crippen LogP contribution in [0.1, 0.15) is 31.4 Å². The number of benzene rings is 2. The minimum absolute atomic E-state index is 0.0322. The van der Waals surface area contributed by atoms with Crippen molar-refractivity contribution in [2.24, 2.45) is 0 Å². The van der Waals surface area contributed by atoms with Crippen LogP contribution in [-0.4, -0.2) is 60.9 Å². The zero-order valence-corrected chi connectivity index (χ0v) is 18.0. The summed E-state index contributed by atoms with van der Waals surface area (Å²) in [7, 11) is 0. The minimum Gasteiger partial charge on any atom is -0.348 e. The Morgan fingerprint density at radius 2 is 1.48 bits per heavy atom. The first kappa shape index (κ1) is 22.9. The SMILES string of the molecule is CCC[C@@H](NC(=O)CN1CCN(CC(=O)Nc2ccc(F)cc2)CC1)c1ccccc1. The molecule has 2 aromatic carbocycles. The van der Waals surface area contributed by atoms with Crippen LogP contribution in [0.4, 0.5) is 10.1 Å². The molecule has 166 valence electrons. The normalized spacial score (nSPS) is 15.9. The first-order valence-corrected chi connectivity index (χ1v) is 10.9. The number of piperazine rings is 1. The van der Waals surface area contributed by atoms with Crippen molar-refractivity contribution in [1.82, 2.24) is 15.1 Å². The standard InChI is InChI=1S/C24H31FN4O2/c1-2-6-22(19-7-4-3-5-8-19)27-24(31)18-29-15-13-28(14-16-29)17-23(30)26-21-11-9-20(25)10-12-21/h3-5,7-12,22H,2,6,13-18H2,1H3,(H,26,30)(H,27,31)/t22-/m1/s1. The number of halogens is 1. The molecule has 0 aromatic heterocycles. The lowest BCUT2D eigenvalue weighted by Gasteiger charge is -2.34. The quantitative estimate of drug-likeness (QED) is 0.647. The van der Waals surface area contributed by atoms with Gasteiger partial charge in [-0.05, 0) is 36.2 Å². The third-order valence-corrected chi connectivity index (χ3v) is 5.44. The van der Waals surface area contributed by atoms with Crippen LogP contribution in [0.25, 0.3) is 0 Å². The van der Waals surface area contributed by atoms with Crippen LogP contribution < -0.4 is 10.6 Å².